The third kappa shape index (κ3) is 3.31. The first-order chi connectivity index (χ1) is 8.52. The number of nitrogens with two attached hydrogens (primary N) is 1. The fourth-order valence-corrected chi connectivity index (χ4v) is 4.04. The molecule has 0 aliphatic heterocycles. The van der Waals surface area contributed by atoms with Crippen molar-refractivity contribution in [2.45, 2.75) is 66.2 Å². The Hall–Kier alpha value is -0.570. The smallest absolute Gasteiger partial charge is 0.220 e. The quantitative estimate of drug-likeness (QED) is 0.805. The number of fused-ring (bicyclic) bond motifs is 3. The summed E-state index contributed by atoms with van der Waals surface area (Å²) >= 11 is 0. The molecule has 0 spiro atoms. The number of amides is 1. The van der Waals surface area contributed by atoms with E-state index in [4.69, 9.17) is 5.73 Å². The third-order valence-corrected chi connectivity index (χ3v) is 5.69. The molecule has 3 aliphatic carbocycles. The normalized spacial score (nSPS) is 33.1. The van der Waals surface area contributed by atoms with Crippen LogP contribution in [0.2, 0.25) is 0 Å². The molecular weight excluding hydrogens is 236 g/mol. The Morgan fingerprint density at radius 3 is 2.11 bits per heavy atom. The molecule has 1 amide bonds. The van der Waals surface area contributed by atoms with Crippen LogP contribution in [0.5, 0.6) is 0 Å². The van der Waals surface area contributed by atoms with Gasteiger partial charge in [0.1, 0.15) is 0 Å². The molecule has 3 fully saturated rings. The van der Waals surface area contributed by atoms with Crippen LogP contribution in [0.1, 0.15) is 66.2 Å². The molecule has 0 unspecified atom stereocenters. The molecular formula is C16H32N2O. The van der Waals surface area contributed by atoms with Gasteiger partial charge < -0.3 is 11.1 Å². The highest BCUT2D eigenvalue weighted by Crippen LogP contribution is 2.60. The summed E-state index contributed by atoms with van der Waals surface area (Å²) in [4.78, 5) is 11.9. The maximum Gasteiger partial charge on any atom is 0.220 e. The summed E-state index contributed by atoms with van der Waals surface area (Å²) in [7, 11) is 0. The Labute approximate surface area is 118 Å². The summed E-state index contributed by atoms with van der Waals surface area (Å²) in [6.07, 6.45) is 8.46. The van der Waals surface area contributed by atoms with Gasteiger partial charge in [0.05, 0.1) is 0 Å². The van der Waals surface area contributed by atoms with E-state index < -0.39 is 0 Å². The summed E-state index contributed by atoms with van der Waals surface area (Å²) in [5.41, 5.74) is 6.33. The molecule has 0 radical (unpaired) electrons. The van der Waals surface area contributed by atoms with Crippen LogP contribution in [0.25, 0.3) is 0 Å². The minimum atomic E-state index is 0. The molecule has 112 valence electrons. The van der Waals surface area contributed by atoms with Crippen molar-refractivity contribution in [3.63, 3.8) is 0 Å². The van der Waals surface area contributed by atoms with Crippen molar-refractivity contribution in [2.75, 3.05) is 13.1 Å². The third-order valence-electron chi connectivity index (χ3n) is 5.69. The summed E-state index contributed by atoms with van der Waals surface area (Å²) in [5.74, 6) is 1.00. The largest absolute Gasteiger partial charge is 0.355 e. The second kappa shape index (κ2) is 6.25. The highest BCUT2D eigenvalue weighted by Gasteiger charge is 2.50. The maximum atomic E-state index is 11.9. The number of carbonyl (C=O) groups excluding carboxylic acids is 1. The van der Waals surface area contributed by atoms with Crippen molar-refractivity contribution < 1.29 is 4.79 Å². The lowest BCUT2D eigenvalue weighted by Gasteiger charge is -2.55. The first kappa shape index (κ1) is 16.5. The van der Waals surface area contributed by atoms with E-state index in [1.807, 2.05) is 0 Å². The van der Waals surface area contributed by atoms with Gasteiger partial charge >= 0.3 is 0 Å². The SMILES string of the molecule is C.CC(C)C12CCC(CC(=O)NCCN)(CC1)CC2. The van der Waals surface area contributed by atoms with Gasteiger partial charge in [-0.25, -0.2) is 0 Å². The van der Waals surface area contributed by atoms with Crippen molar-refractivity contribution >= 4 is 5.91 Å². The average Bonchev–Trinajstić information content (AvgIpc) is 2.38. The van der Waals surface area contributed by atoms with Gasteiger partial charge in [-0.3, -0.25) is 4.79 Å². The van der Waals surface area contributed by atoms with Gasteiger partial charge in [-0.05, 0) is 55.3 Å². The van der Waals surface area contributed by atoms with Crippen LogP contribution in [0.3, 0.4) is 0 Å². The van der Waals surface area contributed by atoms with Gasteiger partial charge in [0.2, 0.25) is 5.91 Å². The van der Waals surface area contributed by atoms with E-state index in [0.29, 0.717) is 23.9 Å². The molecule has 3 heteroatoms. The lowest BCUT2D eigenvalue weighted by atomic mass is 9.50. The molecule has 0 aromatic heterocycles. The number of carbonyl (C=O) groups is 1. The molecule has 0 saturated heterocycles. The predicted octanol–water partition coefficient (Wildman–Crippen LogP) is 3.08. The van der Waals surface area contributed by atoms with Crippen LogP contribution in [0, 0.1) is 16.7 Å². The van der Waals surface area contributed by atoms with E-state index in [1.165, 1.54) is 38.5 Å². The van der Waals surface area contributed by atoms with Gasteiger partial charge in [-0.15, -0.1) is 0 Å². The first-order valence-corrected chi connectivity index (χ1v) is 7.49. The van der Waals surface area contributed by atoms with Crippen LogP contribution >= 0.6 is 0 Å². The minimum Gasteiger partial charge on any atom is -0.355 e. The van der Waals surface area contributed by atoms with E-state index in [0.717, 1.165) is 12.3 Å². The first-order valence-electron chi connectivity index (χ1n) is 7.49. The molecule has 3 aliphatic rings. The van der Waals surface area contributed by atoms with Crippen LogP contribution in [-0.4, -0.2) is 19.0 Å². The maximum absolute atomic E-state index is 11.9. The van der Waals surface area contributed by atoms with Crippen LogP contribution in [0.4, 0.5) is 0 Å². The van der Waals surface area contributed by atoms with E-state index >= 15 is 0 Å². The van der Waals surface area contributed by atoms with Gasteiger partial charge in [-0.1, -0.05) is 21.3 Å². The minimum absolute atomic E-state index is 0. The monoisotopic (exact) mass is 268 g/mol. The van der Waals surface area contributed by atoms with E-state index in [2.05, 4.69) is 19.2 Å². The van der Waals surface area contributed by atoms with Crippen molar-refractivity contribution in [3.05, 3.63) is 0 Å². The Morgan fingerprint density at radius 2 is 1.68 bits per heavy atom. The Morgan fingerprint density at radius 1 is 1.16 bits per heavy atom. The lowest BCUT2D eigenvalue weighted by Crippen LogP contribution is -2.46. The topological polar surface area (TPSA) is 55.1 Å². The standard InChI is InChI=1S/C15H28N2O.CH4/c1-12(2)15-6-3-14(4-7-15,5-8-15)11-13(18)17-10-9-16;/h12H,3-11,16H2,1-2H3,(H,17,18);1H4. The highest BCUT2D eigenvalue weighted by molar-refractivity contribution is 5.76. The summed E-state index contributed by atoms with van der Waals surface area (Å²) in [6, 6.07) is 0. The van der Waals surface area contributed by atoms with Crippen LogP contribution in [-0.2, 0) is 4.79 Å². The molecule has 3 rings (SSSR count). The average molecular weight is 268 g/mol. The van der Waals surface area contributed by atoms with Crippen molar-refractivity contribution in [2.24, 2.45) is 22.5 Å². The molecule has 2 bridgehead atoms. The van der Waals surface area contributed by atoms with Crippen molar-refractivity contribution in [1.29, 1.82) is 0 Å². The zero-order valence-corrected chi connectivity index (χ0v) is 11.9. The number of rotatable bonds is 5. The van der Waals surface area contributed by atoms with E-state index in [-0.39, 0.29) is 13.3 Å². The molecule has 0 heterocycles. The molecule has 0 aromatic rings. The predicted molar refractivity (Wildman–Crippen MR) is 80.8 cm³/mol. The zero-order chi connectivity index (χ0) is 13.2. The number of hydrogen-bond donors (Lipinski definition) is 2. The Bertz CT molecular complexity index is 287. The number of nitrogens with one attached hydrogen (secondary N) is 1. The zero-order valence-electron chi connectivity index (χ0n) is 11.9. The fourth-order valence-electron chi connectivity index (χ4n) is 4.04. The van der Waals surface area contributed by atoms with Gasteiger partial charge in [-0.2, -0.15) is 0 Å². The summed E-state index contributed by atoms with van der Waals surface area (Å²) in [5, 5.41) is 2.92. The Balaban J connectivity index is 0.00000180. The molecule has 0 aromatic carbocycles. The molecule has 0 atom stereocenters. The van der Waals surface area contributed by atoms with E-state index in [9.17, 15) is 4.79 Å². The van der Waals surface area contributed by atoms with E-state index in [1.54, 1.807) is 0 Å². The van der Waals surface area contributed by atoms with Crippen molar-refractivity contribution in [1.82, 2.24) is 5.32 Å². The molecule has 3 nitrogen and oxygen atoms in total. The lowest BCUT2D eigenvalue weighted by molar-refractivity contribution is -0.127. The highest BCUT2D eigenvalue weighted by atomic mass is 16.1. The van der Waals surface area contributed by atoms with Gasteiger partial charge in [0.25, 0.3) is 0 Å². The Kier molecular flexibility index (Phi) is 5.43. The van der Waals surface area contributed by atoms with Gasteiger partial charge in [0.15, 0.2) is 0 Å². The fraction of sp³-hybridized carbons (Fsp3) is 0.938. The summed E-state index contributed by atoms with van der Waals surface area (Å²) in [6.45, 7) is 5.89. The second-order valence-electron chi connectivity index (χ2n) is 6.83. The number of hydrogen-bond acceptors (Lipinski definition) is 2. The van der Waals surface area contributed by atoms with Crippen LogP contribution in [0.15, 0.2) is 0 Å². The summed E-state index contributed by atoms with van der Waals surface area (Å²) < 4.78 is 0. The molecule has 3 N–H and O–H groups in total. The molecule has 19 heavy (non-hydrogen) atoms. The van der Waals surface area contributed by atoms with Crippen molar-refractivity contribution in [3.8, 4) is 0 Å². The van der Waals surface area contributed by atoms with Gasteiger partial charge in [0, 0.05) is 19.5 Å². The van der Waals surface area contributed by atoms with Crippen LogP contribution < -0.4 is 11.1 Å². The molecule has 3 saturated carbocycles. The second-order valence-corrected chi connectivity index (χ2v) is 6.83.